The minimum Gasteiger partial charge on any atom is -0.457 e. The number of benzene rings is 2. The summed E-state index contributed by atoms with van der Waals surface area (Å²) in [5.41, 5.74) is 5.53. The summed E-state index contributed by atoms with van der Waals surface area (Å²) >= 11 is 0. The Morgan fingerprint density at radius 2 is 1.80 bits per heavy atom. The average Bonchev–Trinajstić information content (AvgIpc) is 3.61. The molecular weight excluding hydrogens is 559 g/mol. The zero-order chi connectivity index (χ0) is 31.0. The fourth-order valence-electron chi connectivity index (χ4n) is 5.10. The Balaban J connectivity index is 1.18. The maximum Gasteiger partial charge on any atom is 0.324 e. The van der Waals surface area contributed by atoms with Gasteiger partial charge in [0.1, 0.15) is 23.1 Å². The molecule has 44 heavy (non-hydrogen) atoms. The molecule has 0 saturated carbocycles. The fraction of sp³-hybridized carbons (Fsp3) is 0.273. The number of nitrogens with zero attached hydrogens (tertiary/aromatic N) is 6. The molecule has 2 amide bonds. The van der Waals surface area contributed by atoms with E-state index >= 15 is 4.39 Å². The predicted octanol–water partition coefficient (Wildman–Crippen LogP) is 6.53. The summed E-state index contributed by atoms with van der Waals surface area (Å²) in [5, 5.41) is 14.5. The second-order valence-electron chi connectivity index (χ2n) is 12.1. The number of amides is 2. The van der Waals surface area contributed by atoms with E-state index in [1.807, 2.05) is 25.4 Å². The van der Waals surface area contributed by atoms with Gasteiger partial charge >= 0.3 is 6.03 Å². The third-order valence-electron chi connectivity index (χ3n) is 7.51. The molecule has 1 aliphatic rings. The minimum absolute atomic E-state index is 0.0145. The molecule has 2 N–H and O–H groups in total. The first-order valence-electron chi connectivity index (χ1n) is 14.4. The van der Waals surface area contributed by atoms with Gasteiger partial charge in [0, 0.05) is 61.7 Å². The van der Waals surface area contributed by atoms with E-state index in [0.717, 1.165) is 36.5 Å². The van der Waals surface area contributed by atoms with Crippen LogP contribution in [-0.4, -0.2) is 49.1 Å². The number of urea groups is 1. The number of carbonyl (C=O) groups is 1. The van der Waals surface area contributed by atoms with Crippen LogP contribution in [0.4, 0.5) is 20.7 Å². The Kier molecular flexibility index (Phi) is 7.64. The van der Waals surface area contributed by atoms with Crippen molar-refractivity contribution in [3.63, 3.8) is 0 Å². The van der Waals surface area contributed by atoms with Crippen molar-refractivity contribution in [2.45, 2.75) is 39.2 Å². The number of rotatable bonds is 6. The molecule has 11 heteroatoms. The van der Waals surface area contributed by atoms with Crippen LogP contribution in [0.5, 0.6) is 11.5 Å². The molecule has 3 aromatic heterocycles. The van der Waals surface area contributed by atoms with Crippen molar-refractivity contribution < 1.29 is 13.9 Å². The molecule has 0 spiro atoms. The van der Waals surface area contributed by atoms with Crippen LogP contribution in [0.3, 0.4) is 0 Å². The van der Waals surface area contributed by atoms with Crippen LogP contribution in [0.1, 0.15) is 37.6 Å². The lowest BCUT2D eigenvalue weighted by atomic mass is 9.92. The van der Waals surface area contributed by atoms with Crippen LogP contribution in [0, 0.1) is 5.82 Å². The van der Waals surface area contributed by atoms with Gasteiger partial charge in [0.15, 0.2) is 0 Å². The first kappa shape index (κ1) is 29.1. The van der Waals surface area contributed by atoms with Crippen molar-refractivity contribution in [2.24, 2.45) is 7.05 Å². The van der Waals surface area contributed by atoms with Gasteiger partial charge in [-0.15, -0.1) is 0 Å². The number of nitrogens with one attached hydrogen (secondary N) is 2. The fourth-order valence-corrected chi connectivity index (χ4v) is 5.10. The van der Waals surface area contributed by atoms with Gasteiger partial charge in [0.05, 0.1) is 29.0 Å². The van der Waals surface area contributed by atoms with Gasteiger partial charge in [-0.25, -0.2) is 13.9 Å². The molecule has 10 nitrogen and oxygen atoms in total. The van der Waals surface area contributed by atoms with Crippen molar-refractivity contribution in [1.29, 1.82) is 0 Å². The Morgan fingerprint density at radius 3 is 2.55 bits per heavy atom. The highest BCUT2D eigenvalue weighted by Gasteiger charge is 2.23. The van der Waals surface area contributed by atoms with Crippen LogP contribution in [0.25, 0.3) is 16.9 Å². The maximum atomic E-state index is 15.1. The molecule has 0 saturated heterocycles. The van der Waals surface area contributed by atoms with Gasteiger partial charge in [-0.2, -0.15) is 10.2 Å². The predicted molar refractivity (Wildman–Crippen MR) is 168 cm³/mol. The summed E-state index contributed by atoms with van der Waals surface area (Å²) in [4.78, 5) is 19.8. The van der Waals surface area contributed by atoms with E-state index in [-0.39, 0.29) is 16.9 Å². The molecule has 4 heterocycles. The topological polar surface area (TPSA) is 102 Å². The number of aromatic nitrogens is 5. The van der Waals surface area contributed by atoms with Crippen LogP contribution in [-0.2, 0) is 25.4 Å². The van der Waals surface area contributed by atoms with Crippen molar-refractivity contribution in [3.05, 3.63) is 95.8 Å². The summed E-state index contributed by atoms with van der Waals surface area (Å²) in [7, 11) is 3.94. The third-order valence-corrected chi connectivity index (χ3v) is 7.51. The molecular formula is C33H35FN8O2. The number of anilines is 2. The molecule has 6 rings (SSSR count). The number of pyridine rings is 1. The summed E-state index contributed by atoms with van der Waals surface area (Å²) in [6.07, 6.45) is 6.12. The van der Waals surface area contributed by atoms with Crippen LogP contribution < -0.4 is 15.4 Å². The monoisotopic (exact) mass is 594 g/mol. The van der Waals surface area contributed by atoms with Crippen LogP contribution in [0.2, 0.25) is 0 Å². The number of halogens is 1. The van der Waals surface area contributed by atoms with Gasteiger partial charge in [0.2, 0.25) is 0 Å². The molecule has 1 aliphatic heterocycles. The summed E-state index contributed by atoms with van der Waals surface area (Å²) in [5.74, 6) is 0.627. The highest BCUT2D eigenvalue weighted by Crippen LogP contribution is 2.30. The van der Waals surface area contributed by atoms with E-state index in [0.29, 0.717) is 17.3 Å². The number of fused-ring (bicyclic) bond motifs is 1. The minimum atomic E-state index is -0.636. The number of ether oxygens (including phenoxy) is 1. The average molecular weight is 595 g/mol. The van der Waals surface area contributed by atoms with E-state index in [1.54, 1.807) is 40.0 Å². The Labute approximate surface area is 255 Å². The summed E-state index contributed by atoms with van der Waals surface area (Å²) in [6.45, 7) is 8.09. The molecule has 0 radical (unpaired) electrons. The molecule has 0 fully saturated rings. The summed E-state index contributed by atoms with van der Waals surface area (Å²) in [6, 6.07) is 15.3. The molecule has 0 unspecified atom stereocenters. The number of carbonyl (C=O) groups excluding carboxylic acids is 1. The number of hydrogen-bond donors (Lipinski definition) is 2. The van der Waals surface area contributed by atoms with E-state index < -0.39 is 11.8 Å². The van der Waals surface area contributed by atoms with Crippen molar-refractivity contribution in [3.8, 4) is 28.4 Å². The van der Waals surface area contributed by atoms with E-state index in [4.69, 9.17) is 9.84 Å². The molecule has 0 aliphatic carbocycles. The lowest BCUT2D eigenvalue weighted by Gasteiger charge is -2.25. The highest BCUT2D eigenvalue weighted by molar-refractivity contribution is 5.99. The second-order valence-corrected chi connectivity index (χ2v) is 12.1. The first-order chi connectivity index (χ1) is 21.0. The van der Waals surface area contributed by atoms with Crippen LogP contribution in [0.15, 0.2) is 73.2 Å². The first-order valence-corrected chi connectivity index (χ1v) is 14.4. The quantitative estimate of drug-likeness (QED) is 0.232. The number of hydrogen-bond acceptors (Lipinski definition) is 6. The molecule has 0 bridgehead atoms. The number of likely N-dealkylation sites (N-methyl/N-ethyl adjacent to an activating group) is 1. The van der Waals surface area contributed by atoms with Crippen molar-refractivity contribution in [1.82, 2.24) is 29.4 Å². The smallest absolute Gasteiger partial charge is 0.324 e. The standard InChI is InChI=1S/C33H35FN8O2/c1-33(2,3)30-17-31(42(39-30)24-7-6-22-19-40(4)13-11-21(22)14-24)38-32(43)37-28-9-8-25(15-27(28)34)44-26-10-12-35-29(16-26)23-18-36-41(5)20-23/h6-10,12,14-18,20H,11,13,19H2,1-5H3,(H2,37,38,43). The van der Waals surface area contributed by atoms with E-state index in [1.165, 1.54) is 23.3 Å². The van der Waals surface area contributed by atoms with Gasteiger partial charge in [0.25, 0.3) is 0 Å². The highest BCUT2D eigenvalue weighted by atomic mass is 19.1. The lowest BCUT2D eigenvalue weighted by Crippen LogP contribution is -2.26. The summed E-state index contributed by atoms with van der Waals surface area (Å²) < 4.78 is 24.4. The SMILES string of the molecule is CN1CCc2cc(-n3nc(C(C)(C)C)cc3NC(=O)Nc3ccc(Oc4ccnc(-c5cnn(C)c5)c4)cc3F)ccc2C1. The maximum absolute atomic E-state index is 15.1. The van der Waals surface area contributed by atoms with Crippen LogP contribution >= 0.6 is 0 Å². The lowest BCUT2D eigenvalue weighted by molar-refractivity contribution is 0.262. The Morgan fingerprint density at radius 1 is 0.977 bits per heavy atom. The normalized spacial score (nSPS) is 13.4. The second kappa shape index (κ2) is 11.6. The van der Waals surface area contributed by atoms with Gasteiger partial charge < -0.3 is 15.0 Å². The van der Waals surface area contributed by atoms with E-state index in [9.17, 15) is 4.79 Å². The van der Waals surface area contributed by atoms with Gasteiger partial charge in [-0.3, -0.25) is 15.0 Å². The number of aryl methyl sites for hydroxylation is 1. The van der Waals surface area contributed by atoms with Gasteiger partial charge in [-0.05, 0) is 54.9 Å². The third kappa shape index (κ3) is 6.32. The van der Waals surface area contributed by atoms with E-state index in [2.05, 4.69) is 65.6 Å². The molecule has 5 aromatic rings. The zero-order valence-corrected chi connectivity index (χ0v) is 25.4. The molecule has 2 aromatic carbocycles. The molecule has 226 valence electrons. The van der Waals surface area contributed by atoms with Crippen molar-refractivity contribution >= 4 is 17.5 Å². The molecule has 0 atom stereocenters. The zero-order valence-electron chi connectivity index (χ0n) is 25.4. The largest absolute Gasteiger partial charge is 0.457 e. The Hall–Kier alpha value is -5.03. The Bertz CT molecular complexity index is 1840. The van der Waals surface area contributed by atoms with Crippen molar-refractivity contribution in [2.75, 3.05) is 24.2 Å². The van der Waals surface area contributed by atoms with Gasteiger partial charge in [-0.1, -0.05) is 26.8 Å².